The van der Waals surface area contributed by atoms with E-state index in [1.165, 1.54) is 18.9 Å². The summed E-state index contributed by atoms with van der Waals surface area (Å²) in [7, 11) is 0. The zero-order chi connectivity index (χ0) is 9.80. The van der Waals surface area contributed by atoms with Gasteiger partial charge in [0.1, 0.15) is 5.82 Å². The second-order valence-electron chi connectivity index (χ2n) is 3.65. The van der Waals surface area contributed by atoms with Crippen molar-refractivity contribution in [2.75, 3.05) is 18.4 Å². The summed E-state index contributed by atoms with van der Waals surface area (Å²) in [5, 5.41) is 6.48. The van der Waals surface area contributed by atoms with Gasteiger partial charge in [0, 0.05) is 12.6 Å². The van der Waals surface area contributed by atoms with Crippen LogP contribution < -0.4 is 10.6 Å². The number of nitrogens with one attached hydrogen (secondary N) is 2. The molecule has 1 aromatic carbocycles. The fraction of sp³-hybridized carbons (Fsp3) is 0.455. The van der Waals surface area contributed by atoms with Crippen LogP contribution in [0, 0.1) is 5.82 Å². The molecule has 1 atom stereocenters. The van der Waals surface area contributed by atoms with E-state index in [1.807, 2.05) is 6.07 Å². The van der Waals surface area contributed by atoms with Gasteiger partial charge in [-0.1, -0.05) is 12.1 Å². The van der Waals surface area contributed by atoms with E-state index in [-0.39, 0.29) is 5.82 Å². The van der Waals surface area contributed by atoms with Crippen LogP contribution in [0.5, 0.6) is 0 Å². The number of para-hydroxylation sites is 1. The molecular formula is C11H15FN2. The third kappa shape index (κ3) is 2.23. The molecule has 0 bridgehead atoms. The Labute approximate surface area is 83.5 Å². The Bertz CT molecular complexity index is 295. The zero-order valence-electron chi connectivity index (χ0n) is 8.09. The van der Waals surface area contributed by atoms with Crippen LogP contribution in [0.3, 0.4) is 0 Å². The van der Waals surface area contributed by atoms with Crippen LogP contribution in [0.4, 0.5) is 10.1 Å². The quantitative estimate of drug-likeness (QED) is 0.769. The minimum Gasteiger partial charge on any atom is -0.381 e. The number of benzene rings is 1. The summed E-state index contributed by atoms with van der Waals surface area (Å²) in [6.45, 7) is 1.89. The second-order valence-corrected chi connectivity index (χ2v) is 3.65. The van der Waals surface area contributed by atoms with Gasteiger partial charge in [-0.25, -0.2) is 4.39 Å². The maximum atomic E-state index is 13.2. The predicted octanol–water partition coefficient (Wildman–Crippen LogP) is 1.99. The van der Waals surface area contributed by atoms with Gasteiger partial charge >= 0.3 is 0 Å². The Balaban J connectivity index is 1.88. The van der Waals surface area contributed by atoms with Crippen molar-refractivity contribution in [2.45, 2.75) is 18.9 Å². The first-order valence-corrected chi connectivity index (χ1v) is 5.08. The molecule has 14 heavy (non-hydrogen) atoms. The predicted molar refractivity (Wildman–Crippen MR) is 55.9 cm³/mol. The minimum atomic E-state index is -0.175. The van der Waals surface area contributed by atoms with Gasteiger partial charge in [0.05, 0.1) is 5.69 Å². The normalized spacial score (nSPS) is 21.1. The van der Waals surface area contributed by atoms with Crippen molar-refractivity contribution < 1.29 is 4.39 Å². The summed E-state index contributed by atoms with van der Waals surface area (Å²) in [5.41, 5.74) is 0.598. The van der Waals surface area contributed by atoms with E-state index in [0.29, 0.717) is 11.7 Å². The fourth-order valence-corrected chi connectivity index (χ4v) is 1.77. The molecule has 2 nitrogen and oxygen atoms in total. The van der Waals surface area contributed by atoms with Gasteiger partial charge < -0.3 is 10.6 Å². The Hall–Kier alpha value is -1.09. The van der Waals surface area contributed by atoms with Crippen molar-refractivity contribution in [3.8, 4) is 0 Å². The highest BCUT2D eigenvalue weighted by Gasteiger charge is 2.13. The van der Waals surface area contributed by atoms with Crippen LogP contribution in [-0.4, -0.2) is 19.1 Å². The van der Waals surface area contributed by atoms with E-state index in [9.17, 15) is 4.39 Å². The first-order valence-electron chi connectivity index (χ1n) is 5.08. The maximum Gasteiger partial charge on any atom is 0.146 e. The van der Waals surface area contributed by atoms with Crippen LogP contribution in [0.1, 0.15) is 12.8 Å². The molecular weight excluding hydrogens is 179 g/mol. The van der Waals surface area contributed by atoms with E-state index in [1.54, 1.807) is 12.1 Å². The van der Waals surface area contributed by atoms with Crippen LogP contribution in [0.15, 0.2) is 24.3 Å². The number of halogens is 1. The lowest BCUT2D eigenvalue weighted by atomic mass is 10.2. The monoisotopic (exact) mass is 194 g/mol. The third-order valence-electron chi connectivity index (χ3n) is 2.58. The average molecular weight is 194 g/mol. The van der Waals surface area contributed by atoms with Crippen LogP contribution in [0.25, 0.3) is 0 Å². The van der Waals surface area contributed by atoms with Crippen LogP contribution in [0.2, 0.25) is 0 Å². The lowest BCUT2D eigenvalue weighted by Crippen LogP contribution is -2.29. The van der Waals surface area contributed by atoms with E-state index in [0.717, 1.165) is 13.1 Å². The van der Waals surface area contributed by atoms with Crippen molar-refractivity contribution >= 4 is 5.69 Å². The van der Waals surface area contributed by atoms with Gasteiger partial charge in [0.15, 0.2) is 0 Å². The molecule has 0 aromatic heterocycles. The molecule has 1 aliphatic heterocycles. The Kier molecular flexibility index (Phi) is 2.99. The van der Waals surface area contributed by atoms with Gasteiger partial charge in [0.2, 0.25) is 0 Å². The topological polar surface area (TPSA) is 24.1 Å². The molecule has 0 radical (unpaired) electrons. The molecule has 0 aliphatic carbocycles. The number of hydrogen-bond donors (Lipinski definition) is 2. The molecule has 1 aliphatic rings. The highest BCUT2D eigenvalue weighted by molar-refractivity contribution is 5.44. The molecule has 76 valence electrons. The highest BCUT2D eigenvalue weighted by Crippen LogP contribution is 2.13. The third-order valence-corrected chi connectivity index (χ3v) is 2.58. The molecule has 2 rings (SSSR count). The van der Waals surface area contributed by atoms with Crippen molar-refractivity contribution in [3.63, 3.8) is 0 Å². The van der Waals surface area contributed by atoms with Gasteiger partial charge in [0.25, 0.3) is 0 Å². The summed E-state index contributed by atoms with van der Waals surface area (Å²) < 4.78 is 13.2. The van der Waals surface area contributed by atoms with E-state index >= 15 is 0 Å². The summed E-state index contributed by atoms with van der Waals surface area (Å²) in [5.74, 6) is -0.175. The summed E-state index contributed by atoms with van der Waals surface area (Å²) in [6, 6.07) is 7.28. The van der Waals surface area contributed by atoms with Crippen LogP contribution >= 0.6 is 0 Å². The Morgan fingerprint density at radius 1 is 1.43 bits per heavy atom. The van der Waals surface area contributed by atoms with Gasteiger partial charge in [-0.15, -0.1) is 0 Å². The lowest BCUT2D eigenvalue weighted by Gasteiger charge is -2.12. The molecule has 2 N–H and O–H groups in total. The molecule has 0 amide bonds. The molecule has 0 spiro atoms. The average Bonchev–Trinajstić information content (AvgIpc) is 2.69. The van der Waals surface area contributed by atoms with E-state index in [2.05, 4.69) is 10.6 Å². The highest BCUT2D eigenvalue weighted by atomic mass is 19.1. The zero-order valence-corrected chi connectivity index (χ0v) is 8.09. The second kappa shape index (κ2) is 4.42. The van der Waals surface area contributed by atoms with Gasteiger partial charge in [-0.05, 0) is 31.5 Å². The van der Waals surface area contributed by atoms with Crippen molar-refractivity contribution in [1.29, 1.82) is 0 Å². The Morgan fingerprint density at radius 2 is 2.29 bits per heavy atom. The van der Waals surface area contributed by atoms with E-state index in [4.69, 9.17) is 0 Å². The molecule has 0 saturated carbocycles. The molecule has 3 heteroatoms. The number of rotatable bonds is 3. The maximum absolute atomic E-state index is 13.2. The number of hydrogen-bond acceptors (Lipinski definition) is 2. The summed E-state index contributed by atoms with van der Waals surface area (Å²) in [4.78, 5) is 0. The summed E-state index contributed by atoms with van der Waals surface area (Å²) in [6.07, 6.45) is 2.41. The van der Waals surface area contributed by atoms with Crippen molar-refractivity contribution in [2.24, 2.45) is 0 Å². The molecule has 1 fully saturated rings. The Morgan fingerprint density at radius 3 is 3.00 bits per heavy atom. The molecule has 1 aromatic rings. The van der Waals surface area contributed by atoms with E-state index < -0.39 is 0 Å². The molecule has 1 unspecified atom stereocenters. The molecule has 1 saturated heterocycles. The van der Waals surface area contributed by atoms with Crippen molar-refractivity contribution in [1.82, 2.24) is 5.32 Å². The summed E-state index contributed by atoms with van der Waals surface area (Å²) >= 11 is 0. The van der Waals surface area contributed by atoms with Gasteiger partial charge in [-0.3, -0.25) is 0 Å². The first kappa shape index (κ1) is 9.46. The van der Waals surface area contributed by atoms with Crippen LogP contribution in [-0.2, 0) is 0 Å². The fourth-order valence-electron chi connectivity index (χ4n) is 1.77. The molecule has 1 heterocycles. The lowest BCUT2D eigenvalue weighted by molar-refractivity contribution is 0.613. The number of anilines is 1. The van der Waals surface area contributed by atoms with Gasteiger partial charge in [-0.2, -0.15) is 0 Å². The standard InChI is InChI=1S/C11H15FN2/c12-10-5-1-2-6-11(10)14-8-9-4-3-7-13-9/h1-2,5-6,9,13-14H,3-4,7-8H2. The SMILES string of the molecule is Fc1ccccc1NCC1CCCN1. The smallest absolute Gasteiger partial charge is 0.146 e. The minimum absolute atomic E-state index is 0.175. The largest absolute Gasteiger partial charge is 0.381 e. The first-order chi connectivity index (χ1) is 6.86. The van der Waals surface area contributed by atoms with Crippen molar-refractivity contribution in [3.05, 3.63) is 30.1 Å².